The van der Waals surface area contributed by atoms with Gasteiger partial charge in [0.2, 0.25) is 11.1 Å². The smallest absolute Gasteiger partial charge is 0.234 e. The molecule has 3 aromatic carbocycles. The van der Waals surface area contributed by atoms with Gasteiger partial charge in [0.15, 0.2) is 0 Å². The lowest BCUT2D eigenvalue weighted by molar-refractivity contribution is -0.113. The van der Waals surface area contributed by atoms with Gasteiger partial charge in [0.05, 0.1) is 16.3 Å². The van der Waals surface area contributed by atoms with Crippen molar-refractivity contribution >= 4 is 35.0 Å². The average molecular weight is 486 g/mol. The molecular weight excluding hydrogens is 466 g/mol. The molecule has 0 atom stereocenters. The van der Waals surface area contributed by atoms with Gasteiger partial charge in [-0.3, -0.25) is 4.79 Å². The lowest BCUT2D eigenvalue weighted by Gasteiger charge is -2.10. The number of halogens is 1. The van der Waals surface area contributed by atoms with Crippen LogP contribution in [0.3, 0.4) is 0 Å². The highest BCUT2D eigenvalue weighted by Crippen LogP contribution is 2.30. The van der Waals surface area contributed by atoms with E-state index in [1.807, 2.05) is 68.4 Å². The zero-order valence-corrected chi connectivity index (χ0v) is 20.1. The number of carbonyl (C=O) groups excluding carboxylic acids is 1. The summed E-state index contributed by atoms with van der Waals surface area (Å²) in [6, 6.07) is 22.9. The summed E-state index contributed by atoms with van der Waals surface area (Å²) in [7, 11) is 0. The van der Waals surface area contributed by atoms with Crippen LogP contribution < -0.4 is 5.32 Å². The average Bonchev–Trinajstić information content (AvgIpc) is 2.84. The maximum absolute atomic E-state index is 12.4. The van der Waals surface area contributed by atoms with Crippen LogP contribution in [0.4, 0.5) is 5.69 Å². The fourth-order valence-corrected chi connectivity index (χ4v) is 4.01. The number of hydrogen-bond acceptors (Lipinski definition) is 6. The van der Waals surface area contributed by atoms with Gasteiger partial charge < -0.3 is 5.32 Å². The maximum Gasteiger partial charge on any atom is 0.234 e. The first-order valence-corrected chi connectivity index (χ1v) is 11.8. The molecule has 1 N–H and O–H groups in total. The number of thioether (sulfide) groups is 1. The van der Waals surface area contributed by atoms with Crippen LogP contribution in [-0.2, 0) is 4.79 Å². The molecule has 0 fully saturated rings. The van der Waals surface area contributed by atoms with E-state index in [1.165, 1.54) is 11.8 Å². The van der Waals surface area contributed by atoms with E-state index in [9.17, 15) is 4.79 Å². The number of nitrogens with one attached hydrogen (secondary N) is 1. The number of amides is 1. The highest BCUT2D eigenvalue weighted by Gasteiger charge is 2.15. The third-order valence-electron chi connectivity index (χ3n) is 5.02. The zero-order chi connectivity index (χ0) is 24.1. The standard InChI is InChI=1S/C26H20ClN5OS/c1-16-3-7-18(8-4-16)24-25(19-9-5-17(2)6-10-19)31-32-26(30-24)34-15-23(33)29-21-12-11-20(14-28)22(27)13-21/h3-13H,15H2,1-2H3,(H,29,33). The van der Waals surface area contributed by atoms with Crippen molar-refractivity contribution < 1.29 is 4.79 Å². The van der Waals surface area contributed by atoms with E-state index in [0.29, 0.717) is 27.8 Å². The lowest BCUT2D eigenvalue weighted by Crippen LogP contribution is -2.14. The highest BCUT2D eigenvalue weighted by atomic mass is 35.5. The quantitative estimate of drug-likeness (QED) is 0.333. The van der Waals surface area contributed by atoms with Crippen LogP contribution >= 0.6 is 23.4 Å². The molecule has 1 heterocycles. The van der Waals surface area contributed by atoms with Gasteiger partial charge in [0, 0.05) is 16.8 Å². The minimum atomic E-state index is -0.242. The summed E-state index contributed by atoms with van der Waals surface area (Å²) in [6.07, 6.45) is 0. The zero-order valence-electron chi connectivity index (χ0n) is 18.5. The number of carbonyl (C=O) groups is 1. The number of aromatic nitrogens is 3. The number of anilines is 1. The fraction of sp³-hybridized carbons (Fsp3) is 0.115. The minimum absolute atomic E-state index is 0.0938. The molecule has 0 radical (unpaired) electrons. The molecule has 0 saturated heterocycles. The first-order valence-electron chi connectivity index (χ1n) is 10.4. The first kappa shape index (κ1) is 23.4. The monoisotopic (exact) mass is 485 g/mol. The summed E-state index contributed by atoms with van der Waals surface area (Å²) >= 11 is 7.23. The normalized spacial score (nSPS) is 10.5. The predicted molar refractivity (Wildman–Crippen MR) is 136 cm³/mol. The van der Waals surface area contributed by atoms with Crippen LogP contribution in [0.25, 0.3) is 22.5 Å². The predicted octanol–water partition coefficient (Wildman–Crippen LogP) is 6.08. The molecule has 1 amide bonds. The van der Waals surface area contributed by atoms with E-state index in [1.54, 1.807) is 18.2 Å². The Bertz CT molecular complexity index is 1380. The molecule has 4 rings (SSSR count). The van der Waals surface area contributed by atoms with Crippen molar-refractivity contribution in [1.82, 2.24) is 15.2 Å². The summed E-state index contributed by atoms with van der Waals surface area (Å²) in [5, 5.41) is 21.2. The molecule has 0 unspecified atom stereocenters. The lowest BCUT2D eigenvalue weighted by atomic mass is 10.0. The Kier molecular flexibility index (Phi) is 7.21. The molecule has 34 heavy (non-hydrogen) atoms. The van der Waals surface area contributed by atoms with Crippen LogP contribution in [-0.4, -0.2) is 26.8 Å². The topological polar surface area (TPSA) is 91.6 Å². The third-order valence-corrected chi connectivity index (χ3v) is 6.17. The van der Waals surface area contributed by atoms with Crippen molar-refractivity contribution in [2.24, 2.45) is 0 Å². The number of rotatable bonds is 6. The Balaban J connectivity index is 1.55. The van der Waals surface area contributed by atoms with Crippen molar-refractivity contribution in [1.29, 1.82) is 5.26 Å². The molecule has 168 valence electrons. The first-order chi connectivity index (χ1) is 16.4. The number of benzene rings is 3. The Morgan fingerprint density at radius 3 is 2.15 bits per heavy atom. The van der Waals surface area contributed by atoms with Crippen molar-refractivity contribution in [2.75, 3.05) is 11.1 Å². The van der Waals surface area contributed by atoms with Crippen LogP contribution in [0.15, 0.2) is 71.9 Å². The Morgan fingerprint density at radius 1 is 0.941 bits per heavy atom. The van der Waals surface area contributed by atoms with Crippen LogP contribution in [0.5, 0.6) is 0 Å². The van der Waals surface area contributed by atoms with Gasteiger partial charge in [-0.15, -0.1) is 10.2 Å². The van der Waals surface area contributed by atoms with Crippen molar-refractivity contribution in [3.8, 4) is 28.6 Å². The van der Waals surface area contributed by atoms with E-state index >= 15 is 0 Å². The molecular formula is C26H20ClN5OS. The molecule has 1 aromatic heterocycles. The second-order valence-corrected chi connectivity index (χ2v) is 9.02. The molecule has 6 nitrogen and oxygen atoms in total. The van der Waals surface area contributed by atoms with Crippen LogP contribution in [0.2, 0.25) is 5.02 Å². The van der Waals surface area contributed by atoms with E-state index in [2.05, 4.69) is 15.5 Å². The van der Waals surface area contributed by atoms with E-state index in [-0.39, 0.29) is 16.7 Å². The highest BCUT2D eigenvalue weighted by molar-refractivity contribution is 7.99. The maximum atomic E-state index is 12.4. The number of nitriles is 1. The SMILES string of the molecule is Cc1ccc(-c2nnc(SCC(=O)Nc3ccc(C#N)c(Cl)c3)nc2-c2ccc(C)cc2)cc1. The van der Waals surface area contributed by atoms with Crippen molar-refractivity contribution in [3.05, 3.63) is 88.4 Å². The molecule has 0 saturated carbocycles. The molecule has 4 aromatic rings. The minimum Gasteiger partial charge on any atom is -0.325 e. The third kappa shape index (κ3) is 5.60. The number of hydrogen-bond donors (Lipinski definition) is 1. The van der Waals surface area contributed by atoms with Gasteiger partial charge in [0.1, 0.15) is 17.5 Å². The molecule has 8 heteroatoms. The molecule has 0 aliphatic heterocycles. The fourth-order valence-electron chi connectivity index (χ4n) is 3.20. The second-order valence-electron chi connectivity index (χ2n) is 7.67. The van der Waals surface area contributed by atoms with Gasteiger partial charge in [0.25, 0.3) is 0 Å². The Labute approximate surface area is 207 Å². The summed E-state index contributed by atoms with van der Waals surface area (Å²) in [5.74, 6) is -0.148. The van der Waals surface area contributed by atoms with E-state index in [4.69, 9.17) is 21.8 Å². The number of nitrogens with zero attached hydrogens (tertiary/aromatic N) is 4. The largest absolute Gasteiger partial charge is 0.325 e. The summed E-state index contributed by atoms with van der Waals surface area (Å²) in [6.45, 7) is 4.06. The Morgan fingerprint density at radius 2 is 1.56 bits per heavy atom. The molecule has 0 aliphatic rings. The van der Waals surface area contributed by atoms with Gasteiger partial charge >= 0.3 is 0 Å². The van der Waals surface area contributed by atoms with Gasteiger partial charge in [-0.2, -0.15) is 5.26 Å². The summed E-state index contributed by atoms with van der Waals surface area (Å²) < 4.78 is 0. The van der Waals surface area contributed by atoms with E-state index in [0.717, 1.165) is 22.3 Å². The number of aryl methyl sites for hydroxylation is 2. The molecule has 0 aliphatic carbocycles. The molecule has 0 spiro atoms. The van der Waals surface area contributed by atoms with Gasteiger partial charge in [-0.1, -0.05) is 83.0 Å². The van der Waals surface area contributed by atoms with Gasteiger partial charge in [-0.05, 0) is 32.0 Å². The summed E-state index contributed by atoms with van der Waals surface area (Å²) in [5.41, 5.74) is 6.42. The van der Waals surface area contributed by atoms with Gasteiger partial charge in [-0.25, -0.2) is 4.98 Å². The van der Waals surface area contributed by atoms with Crippen LogP contribution in [0, 0.1) is 25.2 Å². The van der Waals surface area contributed by atoms with Crippen molar-refractivity contribution in [2.45, 2.75) is 19.0 Å². The Hall–Kier alpha value is -3.73. The molecule has 0 bridgehead atoms. The second kappa shape index (κ2) is 10.5. The summed E-state index contributed by atoms with van der Waals surface area (Å²) in [4.78, 5) is 17.2. The van der Waals surface area contributed by atoms with Crippen LogP contribution in [0.1, 0.15) is 16.7 Å². The van der Waals surface area contributed by atoms with Crippen molar-refractivity contribution in [3.63, 3.8) is 0 Å². The van der Waals surface area contributed by atoms with E-state index < -0.39 is 0 Å².